The molecule has 1 fully saturated rings. The van der Waals surface area contributed by atoms with Crippen LogP contribution in [-0.2, 0) is 24.2 Å². The Balaban J connectivity index is 1.24. The van der Waals surface area contributed by atoms with E-state index in [2.05, 4.69) is 63.1 Å². The molecule has 2 aliphatic heterocycles. The fraction of sp³-hybridized carbons (Fsp3) is 0.314. The van der Waals surface area contributed by atoms with Crippen LogP contribution in [0.2, 0.25) is 0 Å². The van der Waals surface area contributed by atoms with E-state index in [9.17, 15) is 9.18 Å². The average molecular weight is 648 g/mol. The van der Waals surface area contributed by atoms with Crippen molar-refractivity contribution in [3.05, 3.63) is 101 Å². The lowest BCUT2D eigenvalue weighted by atomic mass is 10.0. The van der Waals surface area contributed by atoms with E-state index in [-0.39, 0.29) is 23.6 Å². The molecular formula is C35H38FN11O. The fourth-order valence-electron chi connectivity index (χ4n) is 5.69. The number of anilines is 4. The normalized spacial score (nSPS) is 14.8. The van der Waals surface area contributed by atoms with E-state index >= 15 is 0 Å². The van der Waals surface area contributed by atoms with Gasteiger partial charge < -0.3 is 26.2 Å². The first-order chi connectivity index (χ1) is 23.3. The van der Waals surface area contributed by atoms with Crippen LogP contribution in [0.25, 0.3) is 4.85 Å². The molecule has 0 radical (unpaired) electrons. The van der Waals surface area contributed by atoms with Crippen LogP contribution in [0.3, 0.4) is 0 Å². The molecule has 0 unspecified atom stereocenters. The van der Waals surface area contributed by atoms with Crippen LogP contribution in [0.5, 0.6) is 0 Å². The summed E-state index contributed by atoms with van der Waals surface area (Å²) in [6, 6.07) is 19.3. The highest BCUT2D eigenvalue weighted by molar-refractivity contribution is 5.96. The van der Waals surface area contributed by atoms with Crippen molar-refractivity contribution >= 4 is 46.5 Å². The molecule has 0 saturated carbocycles. The fourth-order valence-corrected chi connectivity index (χ4v) is 5.69. The van der Waals surface area contributed by atoms with Gasteiger partial charge in [0.2, 0.25) is 23.8 Å². The number of benzene rings is 3. The number of aromatic nitrogens is 3. The lowest BCUT2D eigenvalue weighted by Gasteiger charge is -2.27. The molecule has 1 aromatic heterocycles. The molecule has 48 heavy (non-hydrogen) atoms. The summed E-state index contributed by atoms with van der Waals surface area (Å²) in [6.45, 7) is 12.4. The van der Waals surface area contributed by atoms with E-state index in [1.54, 1.807) is 32.3 Å². The van der Waals surface area contributed by atoms with Gasteiger partial charge in [0, 0.05) is 71.1 Å². The van der Waals surface area contributed by atoms with Gasteiger partial charge in [-0.1, -0.05) is 42.5 Å². The standard InChI is InChI=1S/C35H38FN11O/c1-37-27-11-7-23(8-12-27)18-31(32(48)46(2)3)42-35-44-33(39-21-29-19-25-9-10-26(36)20-30(25)40-29)43-34(45-35)41-28-6-4-5-24(17-28)22-47-15-13-38-14-16-47/h4-12,17,20,31,38H,13-16,18-19,21-22H2,2-3H3,(H3,39,41,42,43,44,45)/t31-/m0/s1. The van der Waals surface area contributed by atoms with Gasteiger partial charge in [-0.3, -0.25) is 14.7 Å². The maximum Gasteiger partial charge on any atom is 0.244 e. The number of rotatable bonds is 12. The number of halogens is 1. The number of nitrogens with one attached hydrogen (secondary N) is 4. The third kappa shape index (κ3) is 8.47. The number of fused-ring (bicyclic) bond motifs is 1. The van der Waals surface area contributed by atoms with Crippen molar-refractivity contribution in [3.63, 3.8) is 0 Å². The van der Waals surface area contributed by atoms with E-state index in [1.165, 1.54) is 22.6 Å². The average Bonchev–Trinajstić information content (AvgIpc) is 3.49. The highest BCUT2D eigenvalue weighted by Gasteiger charge is 2.23. The monoisotopic (exact) mass is 647 g/mol. The van der Waals surface area contributed by atoms with Crippen molar-refractivity contribution in [3.8, 4) is 0 Å². The number of likely N-dealkylation sites (N-methyl/N-ethyl adjacent to an activating group) is 1. The second-order valence-corrected chi connectivity index (χ2v) is 12.1. The first kappa shape index (κ1) is 32.5. The third-order valence-corrected chi connectivity index (χ3v) is 8.15. The Morgan fingerprint density at radius 3 is 2.54 bits per heavy atom. The molecule has 4 aromatic rings. The Bertz CT molecular complexity index is 1830. The zero-order valence-electron chi connectivity index (χ0n) is 27.0. The first-order valence-electron chi connectivity index (χ1n) is 15.9. The van der Waals surface area contributed by atoms with Gasteiger partial charge in [-0.15, -0.1) is 0 Å². The summed E-state index contributed by atoms with van der Waals surface area (Å²) in [7, 11) is 3.40. The highest BCUT2D eigenvalue weighted by Crippen LogP contribution is 2.27. The molecule has 13 heteroatoms. The summed E-state index contributed by atoms with van der Waals surface area (Å²) in [6.07, 6.45) is 0.946. The summed E-state index contributed by atoms with van der Waals surface area (Å²) in [5, 5.41) is 13.2. The van der Waals surface area contributed by atoms with Gasteiger partial charge in [-0.25, -0.2) is 9.24 Å². The molecule has 12 nitrogen and oxygen atoms in total. The van der Waals surface area contributed by atoms with Crippen LogP contribution < -0.4 is 21.3 Å². The van der Waals surface area contributed by atoms with E-state index in [4.69, 9.17) is 6.57 Å². The van der Waals surface area contributed by atoms with Gasteiger partial charge in [0.05, 0.1) is 18.8 Å². The molecule has 3 aromatic carbocycles. The molecule has 1 atom stereocenters. The minimum Gasteiger partial charge on any atom is -0.349 e. The van der Waals surface area contributed by atoms with E-state index in [1.807, 2.05) is 24.3 Å². The number of carbonyl (C=O) groups excluding carboxylic acids is 1. The number of nitrogens with zero attached hydrogens (tertiary/aromatic N) is 7. The molecule has 2 aliphatic rings. The molecule has 0 aliphatic carbocycles. The minimum atomic E-state index is -0.687. The Labute approximate surface area is 279 Å². The Hall–Kier alpha value is -5.45. The largest absolute Gasteiger partial charge is 0.349 e. The second-order valence-electron chi connectivity index (χ2n) is 12.1. The summed E-state index contributed by atoms with van der Waals surface area (Å²) < 4.78 is 13.8. The number of carbonyl (C=O) groups is 1. The molecule has 1 saturated heterocycles. The van der Waals surface area contributed by atoms with Crippen LogP contribution in [0.15, 0.2) is 71.7 Å². The number of piperazine rings is 1. The maximum atomic E-state index is 13.8. The SMILES string of the molecule is [C-]#[N+]c1ccc(C[C@H](Nc2nc(NCC3=Nc4cc(F)ccc4C3)nc(Nc3cccc(CN4CCNCC4)c3)n2)C(=O)N(C)C)cc1. The first-order valence-corrected chi connectivity index (χ1v) is 15.9. The number of aliphatic imine (C=N–C) groups is 1. The van der Waals surface area contributed by atoms with E-state index in [0.717, 1.165) is 55.2 Å². The number of hydrogen-bond donors (Lipinski definition) is 4. The van der Waals surface area contributed by atoms with Gasteiger partial charge in [0.1, 0.15) is 11.9 Å². The lowest BCUT2D eigenvalue weighted by molar-refractivity contribution is -0.129. The number of hydrogen-bond acceptors (Lipinski definition) is 10. The van der Waals surface area contributed by atoms with Crippen LogP contribution in [0, 0.1) is 12.4 Å². The van der Waals surface area contributed by atoms with Crippen LogP contribution in [0.4, 0.5) is 39.3 Å². The molecule has 6 rings (SSSR count). The zero-order chi connectivity index (χ0) is 33.5. The van der Waals surface area contributed by atoms with Gasteiger partial charge in [0.15, 0.2) is 5.69 Å². The smallest absolute Gasteiger partial charge is 0.244 e. The zero-order valence-corrected chi connectivity index (χ0v) is 27.0. The predicted molar refractivity (Wildman–Crippen MR) is 186 cm³/mol. The molecule has 1 amide bonds. The van der Waals surface area contributed by atoms with Crippen molar-refractivity contribution in [2.24, 2.45) is 4.99 Å². The molecule has 3 heterocycles. The molecule has 0 spiro atoms. The quantitative estimate of drug-likeness (QED) is 0.164. The second kappa shape index (κ2) is 15.0. The Morgan fingerprint density at radius 2 is 1.77 bits per heavy atom. The third-order valence-electron chi connectivity index (χ3n) is 8.15. The van der Waals surface area contributed by atoms with Gasteiger partial charge >= 0.3 is 0 Å². The Kier molecular flexibility index (Phi) is 10.1. The van der Waals surface area contributed by atoms with Gasteiger partial charge in [0.25, 0.3) is 0 Å². The summed E-state index contributed by atoms with van der Waals surface area (Å²) in [5.41, 5.74) is 5.82. The van der Waals surface area contributed by atoms with Crippen LogP contribution in [-0.4, -0.2) is 89.2 Å². The molecule has 4 N–H and O–H groups in total. The highest BCUT2D eigenvalue weighted by atomic mass is 19.1. The van der Waals surface area contributed by atoms with Gasteiger partial charge in [-0.05, 0) is 41.0 Å². The van der Waals surface area contributed by atoms with Crippen molar-refractivity contribution in [1.82, 2.24) is 30.1 Å². The van der Waals surface area contributed by atoms with Crippen molar-refractivity contribution in [1.29, 1.82) is 0 Å². The molecular weight excluding hydrogens is 609 g/mol. The Morgan fingerprint density at radius 1 is 1.00 bits per heavy atom. The number of amides is 1. The van der Waals surface area contributed by atoms with Crippen molar-refractivity contribution in [2.45, 2.75) is 25.4 Å². The van der Waals surface area contributed by atoms with Crippen molar-refractivity contribution in [2.75, 3.05) is 62.8 Å². The molecule has 0 bridgehead atoms. The van der Waals surface area contributed by atoms with Gasteiger partial charge in [-0.2, -0.15) is 15.0 Å². The minimum absolute atomic E-state index is 0.153. The summed E-state index contributed by atoms with van der Waals surface area (Å²) in [5.74, 6) is 0.319. The topological polar surface area (TPSA) is 127 Å². The predicted octanol–water partition coefficient (Wildman–Crippen LogP) is 4.56. The summed E-state index contributed by atoms with van der Waals surface area (Å²) in [4.78, 5) is 39.2. The maximum absolute atomic E-state index is 13.8. The van der Waals surface area contributed by atoms with Crippen molar-refractivity contribution < 1.29 is 9.18 Å². The molecule has 246 valence electrons. The summed E-state index contributed by atoms with van der Waals surface area (Å²) >= 11 is 0. The van der Waals surface area contributed by atoms with E-state index < -0.39 is 6.04 Å². The van der Waals surface area contributed by atoms with E-state index in [0.29, 0.717) is 36.7 Å². The van der Waals surface area contributed by atoms with Crippen LogP contribution >= 0.6 is 0 Å². The lowest BCUT2D eigenvalue weighted by Crippen LogP contribution is -2.42. The van der Waals surface area contributed by atoms with Crippen LogP contribution in [0.1, 0.15) is 16.7 Å².